The van der Waals surface area contributed by atoms with Crippen LogP contribution >= 0.6 is 0 Å². The molecule has 1 aromatic rings. The normalized spacial score (nSPS) is 11.8. The lowest BCUT2D eigenvalue weighted by Gasteiger charge is -2.02. The first-order valence-corrected chi connectivity index (χ1v) is 6.23. The number of carbonyl (C=O) groups excluding carboxylic acids is 1. The molecule has 0 aliphatic rings. The first-order valence-electron chi connectivity index (χ1n) is 6.23. The monoisotopic (exact) mass is 244 g/mol. The van der Waals surface area contributed by atoms with E-state index >= 15 is 0 Å². The quantitative estimate of drug-likeness (QED) is 0.791. The van der Waals surface area contributed by atoms with Crippen LogP contribution in [0.5, 0.6) is 0 Å². The van der Waals surface area contributed by atoms with Gasteiger partial charge in [0.2, 0.25) is 0 Å². The first-order chi connectivity index (χ1) is 8.71. The van der Waals surface area contributed by atoms with Gasteiger partial charge in [-0.25, -0.2) is 0 Å². The molecule has 0 spiro atoms. The van der Waals surface area contributed by atoms with Crippen LogP contribution in [0.3, 0.4) is 0 Å². The molecule has 0 saturated heterocycles. The van der Waals surface area contributed by atoms with Crippen LogP contribution in [-0.2, 0) is 0 Å². The Morgan fingerprint density at radius 2 is 2.00 bits per heavy atom. The molecule has 0 unspecified atom stereocenters. The Hall–Kier alpha value is -1.90. The van der Waals surface area contributed by atoms with Gasteiger partial charge in [0.15, 0.2) is 0 Å². The third-order valence-corrected chi connectivity index (χ3v) is 2.49. The molecular weight excluding hydrogens is 224 g/mol. The van der Waals surface area contributed by atoms with Crippen LogP contribution in [-0.4, -0.2) is 18.7 Å². The lowest BCUT2D eigenvalue weighted by molar-refractivity contribution is 0.0963. The van der Waals surface area contributed by atoms with Gasteiger partial charge >= 0.3 is 0 Å². The number of allylic oxidation sites excluding steroid dienone is 2. The molecular formula is C15H20N2O. The first kappa shape index (κ1) is 14.2. The standard InChI is InChI=1S/C15H20N2O/c1-4-6-13(7-5-2)17-14-10-8-12(9-11-14)15(18)16-3/h4,6,8-11H,5,7H2,1-3H3,(H,16,18). The van der Waals surface area contributed by atoms with E-state index in [2.05, 4.69) is 17.2 Å². The lowest BCUT2D eigenvalue weighted by atomic mass is 10.1. The van der Waals surface area contributed by atoms with Crippen molar-refractivity contribution in [2.75, 3.05) is 7.05 Å². The van der Waals surface area contributed by atoms with E-state index in [0.29, 0.717) is 5.56 Å². The highest BCUT2D eigenvalue weighted by atomic mass is 16.1. The number of rotatable bonds is 5. The summed E-state index contributed by atoms with van der Waals surface area (Å²) < 4.78 is 0. The second-order valence-corrected chi connectivity index (χ2v) is 3.98. The largest absolute Gasteiger partial charge is 0.355 e. The number of nitrogens with zero attached hydrogens (tertiary/aromatic N) is 1. The summed E-state index contributed by atoms with van der Waals surface area (Å²) in [7, 11) is 1.62. The number of hydrogen-bond acceptors (Lipinski definition) is 2. The zero-order valence-electron chi connectivity index (χ0n) is 11.2. The van der Waals surface area contributed by atoms with Gasteiger partial charge in [0.25, 0.3) is 5.91 Å². The summed E-state index contributed by atoms with van der Waals surface area (Å²) >= 11 is 0. The van der Waals surface area contributed by atoms with E-state index in [1.54, 1.807) is 19.2 Å². The van der Waals surface area contributed by atoms with Crippen molar-refractivity contribution in [3.63, 3.8) is 0 Å². The summed E-state index contributed by atoms with van der Waals surface area (Å²) in [5, 5.41) is 2.60. The Bertz CT molecular complexity index is 444. The van der Waals surface area contributed by atoms with E-state index in [1.807, 2.05) is 31.2 Å². The molecule has 3 nitrogen and oxygen atoms in total. The Kier molecular flexibility index (Phi) is 5.85. The third-order valence-electron chi connectivity index (χ3n) is 2.49. The molecule has 96 valence electrons. The topological polar surface area (TPSA) is 41.5 Å². The Morgan fingerprint density at radius 1 is 1.33 bits per heavy atom. The van der Waals surface area contributed by atoms with E-state index in [1.165, 1.54) is 0 Å². The summed E-state index contributed by atoms with van der Waals surface area (Å²) in [6.45, 7) is 4.12. The van der Waals surface area contributed by atoms with Gasteiger partial charge in [-0.3, -0.25) is 9.79 Å². The molecule has 18 heavy (non-hydrogen) atoms. The van der Waals surface area contributed by atoms with Crippen molar-refractivity contribution in [2.24, 2.45) is 4.99 Å². The van der Waals surface area contributed by atoms with Gasteiger partial charge in [0, 0.05) is 18.3 Å². The second kappa shape index (κ2) is 7.43. The molecule has 1 N–H and O–H groups in total. The Morgan fingerprint density at radius 3 is 2.50 bits per heavy atom. The molecule has 0 radical (unpaired) electrons. The third kappa shape index (κ3) is 4.17. The minimum atomic E-state index is -0.0761. The van der Waals surface area contributed by atoms with Crippen molar-refractivity contribution < 1.29 is 4.79 Å². The molecule has 1 rings (SSSR count). The lowest BCUT2D eigenvalue weighted by Crippen LogP contribution is -2.17. The summed E-state index contributed by atoms with van der Waals surface area (Å²) in [5.41, 5.74) is 2.59. The van der Waals surface area contributed by atoms with E-state index < -0.39 is 0 Å². The van der Waals surface area contributed by atoms with Crippen LogP contribution in [0.1, 0.15) is 37.0 Å². The molecule has 0 saturated carbocycles. The van der Waals surface area contributed by atoms with Crippen molar-refractivity contribution in [2.45, 2.75) is 26.7 Å². The molecule has 0 aromatic heterocycles. The maximum atomic E-state index is 11.4. The number of nitrogens with one attached hydrogen (secondary N) is 1. The van der Waals surface area contributed by atoms with Crippen molar-refractivity contribution in [1.29, 1.82) is 0 Å². The molecule has 1 aromatic carbocycles. The SMILES string of the molecule is CC=CC(CCC)=Nc1ccc(C(=O)NC)cc1. The maximum Gasteiger partial charge on any atom is 0.251 e. The summed E-state index contributed by atoms with van der Waals surface area (Å²) in [5.74, 6) is -0.0761. The molecule has 0 aliphatic carbocycles. The van der Waals surface area contributed by atoms with Crippen molar-refractivity contribution in [3.8, 4) is 0 Å². The number of hydrogen-bond donors (Lipinski definition) is 1. The predicted octanol–water partition coefficient (Wildman–Crippen LogP) is 3.49. The zero-order valence-corrected chi connectivity index (χ0v) is 11.2. The van der Waals surface area contributed by atoms with Gasteiger partial charge in [0.05, 0.1) is 5.69 Å². The summed E-state index contributed by atoms with van der Waals surface area (Å²) in [6.07, 6.45) is 6.05. The number of amides is 1. The minimum Gasteiger partial charge on any atom is -0.355 e. The average Bonchev–Trinajstić information content (AvgIpc) is 2.39. The van der Waals surface area contributed by atoms with E-state index in [4.69, 9.17) is 0 Å². The highest BCUT2D eigenvalue weighted by Crippen LogP contribution is 2.14. The zero-order chi connectivity index (χ0) is 13.4. The second-order valence-electron chi connectivity index (χ2n) is 3.98. The molecule has 0 heterocycles. The smallest absolute Gasteiger partial charge is 0.251 e. The molecule has 0 bridgehead atoms. The fraction of sp³-hybridized carbons (Fsp3) is 0.333. The number of benzene rings is 1. The van der Waals surface area contributed by atoms with E-state index in [-0.39, 0.29) is 5.91 Å². The van der Waals surface area contributed by atoms with Gasteiger partial charge in [-0.2, -0.15) is 0 Å². The summed E-state index contributed by atoms with van der Waals surface area (Å²) in [6, 6.07) is 7.31. The maximum absolute atomic E-state index is 11.4. The minimum absolute atomic E-state index is 0.0761. The van der Waals surface area contributed by atoms with Crippen molar-refractivity contribution in [3.05, 3.63) is 42.0 Å². The van der Waals surface area contributed by atoms with Crippen molar-refractivity contribution in [1.82, 2.24) is 5.32 Å². The Labute approximate surface area is 109 Å². The van der Waals surface area contributed by atoms with Gasteiger partial charge in [-0.1, -0.05) is 19.4 Å². The molecule has 3 heteroatoms. The van der Waals surface area contributed by atoms with Crippen LogP contribution in [0, 0.1) is 0 Å². The van der Waals surface area contributed by atoms with Crippen molar-refractivity contribution >= 4 is 17.3 Å². The molecule has 0 fully saturated rings. The van der Waals surface area contributed by atoms with Crippen LogP contribution < -0.4 is 5.32 Å². The predicted molar refractivity (Wildman–Crippen MR) is 76.6 cm³/mol. The average molecular weight is 244 g/mol. The van der Waals surface area contributed by atoms with E-state index in [9.17, 15) is 4.79 Å². The highest BCUT2D eigenvalue weighted by Gasteiger charge is 2.02. The van der Waals surface area contributed by atoms with Crippen LogP contribution in [0.4, 0.5) is 5.69 Å². The highest BCUT2D eigenvalue weighted by molar-refractivity contribution is 5.97. The van der Waals surface area contributed by atoms with Crippen LogP contribution in [0.15, 0.2) is 41.4 Å². The molecule has 0 atom stereocenters. The fourth-order valence-electron chi connectivity index (χ4n) is 1.62. The molecule has 0 aliphatic heterocycles. The van der Waals surface area contributed by atoms with Crippen LogP contribution in [0.2, 0.25) is 0 Å². The fourth-order valence-corrected chi connectivity index (χ4v) is 1.62. The van der Waals surface area contributed by atoms with Gasteiger partial charge in [-0.05, 0) is 43.7 Å². The van der Waals surface area contributed by atoms with Gasteiger partial charge < -0.3 is 5.32 Å². The Balaban J connectivity index is 2.90. The molecule has 1 amide bonds. The summed E-state index contributed by atoms with van der Waals surface area (Å²) in [4.78, 5) is 16.0. The van der Waals surface area contributed by atoms with Gasteiger partial charge in [-0.15, -0.1) is 0 Å². The van der Waals surface area contributed by atoms with Crippen LogP contribution in [0.25, 0.3) is 0 Å². The number of carbonyl (C=O) groups is 1. The van der Waals surface area contributed by atoms with E-state index in [0.717, 1.165) is 24.2 Å². The number of aliphatic imine (C=N–C) groups is 1. The van der Waals surface area contributed by atoms with Gasteiger partial charge in [0.1, 0.15) is 0 Å².